The molecule has 0 aliphatic rings. The number of carbonyl (C=O) groups is 1. The van der Waals surface area contributed by atoms with Crippen molar-refractivity contribution in [1.82, 2.24) is 9.38 Å². The molecule has 0 saturated heterocycles. The minimum atomic E-state index is -0.464. The summed E-state index contributed by atoms with van der Waals surface area (Å²) in [4.78, 5) is 17.2. The van der Waals surface area contributed by atoms with Crippen LogP contribution in [0.2, 0.25) is 5.02 Å². The molecule has 2 aromatic heterocycles. The van der Waals surface area contributed by atoms with Crippen LogP contribution in [0, 0.1) is 5.82 Å². The van der Waals surface area contributed by atoms with Gasteiger partial charge in [-0.15, -0.1) is 0 Å². The molecule has 26 heavy (non-hydrogen) atoms. The number of hydrogen-bond donors (Lipinski definition) is 1. The number of imidazole rings is 1. The number of nitrogens with zero attached hydrogens (tertiary/aromatic N) is 2. The zero-order valence-electron chi connectivity index (χ0n) is 13.5. The average molecular weight is 366 g/mol. The maximum absolute atomic E-state index is 13.4. The third-order valence-electron chi connectivity index (χ3n) is 3.97. The molecule has 2 aromatic carbocycles. The van der Waals surface area contributed by atoms with Crippen molar-refractivity contribution < 1.29 is 9.18 Å². The molecular formula is C20H13ClFN3O. The van der Waals surface area contributed by atoms with Crippen LogP contribution in [-0.2, 0) is 0 Å². The summed E-state index contributed by atoms with van der Waals surface area (Å²) < 4.78 is 15.2. The molecule has 4 aromatic rings. The van der Waals surface area contributed by atoms with E-state index in [0.717, 1.165) is 5.56 Å². The lowest BCUT2D eigenvalue weighted by Gasteiger charge is -2.08. The fraction of sp³-hybridized carbons (Fsp3) is 0. The lowest BCUT2D eigenvalue weighted by atomic mass is 10.1. The van der Waals surface area contributed by atoms with Gasteiger partial charge in [0.2, 0.25) is 0 Å². The highest BCUT2D eigenvalue weighted by atomic mass is 35.5. The van der Waals surface area contributed by atoms with Crippen molar-refractivity contribution in [2.75, 3.05) is 5.32 Å². The highest BCUT2D eigenvalue weighted by molar-refractivity contribution is 6.30. The van der Waals surface area contributed by atoms with E-state index in [1.54, 1.807) is 22.6 Å². The first-order valence-corrected chi connectivity index (χ1v) is 8.29. The summed E-state index contributed by atoms with van der Waals surface area (Å²) in [6.45, 7) is 0. The summed E-state index contributed by atoms with van der Waals surface area (Å²) in [7, 11) is 0. The smallest absolute Gasteiger partial charge is 0.256 e. The predicted octanol–water partition coefficient (Wildman–Crippen LogP) is 5.05. The first-order valence-electron chi connectivity index (χ1n) is 7.92. The number of aromatic nitrogens is 2. The van der Waals surface area contributed by atoms with Crippen LogP contribution in [-0.4, -0.2) is 15.3 Å². The number of benzene rings is 2. The number of nitrogens with one attached hydrogen (secondary N) is 1. The van der Waals surface area contributed by atoms with Gasteiger partial charge in [-0.1, -0.05) is 35.9 Å². The molecule has 6 heteroatoms. The minimum absolute atomic E-state index is 0.234. The van der Waals surface area contributed by atoms with Crippen molar-refractivity contribution >= 4 is 29.0 Å². The van der Waals surface area contributed by atoms with Crippen molar-refractivity contribution in [3.05, 3.63) is 89.3 Å². The van der Waals surface area contributed by atoms with Crippen LogP contribution >= 0.6 is 11.6 Å². The summed E-state index contributed by atoms with van der Waals surface area (Å²) in [6, 6.07) is 18.3. The molecule has 0 atom stereocenters. The second-order valence-electron chi connectivity index (χ2n) is 5.71. The molecule has 0 saturated carbocycles. The van der Waals surface area contributed by atoms with Gasteiger partial charge in [-0.25, -0.2) is 9.37 Å². The summed E-state index contributed by atoms with van der Waals surface area (Å²) in [5.41, 5.74) is 2.34. The highest BCUT2D eigenvalue weighted by Crippen LogP contribution is 2.30. The van der Waals surface area contributed by atoms with E-state index < -0.39 is 11.7 Å². The Morgan fingerprint density at radius 1 is 1.04 bits per heavy atom. The van der Waals surface area contributed by atoms with E-state index in [0.29, 0.717) is 22.2 Å². The molecule has 0 radical (unpaired) electrons. The maximum Gasteiger partial charge on any atom is 0.256 e. The molecule has 0 aliphatic carbocycles. The van der Waals surface area contributed by atoms with Crippen molar-refractivity contribution in [2.45, 2.75) is 0 Å². The van der Waals surface area contributed by atoms with Crippen LogP contribution in [0.4, 0.5) is 10.2 Å². The Morgan fingerprint density at radius 3 is 2.62 bits per heavy atom. The van der Waals surface area contributed by atoms with Gasteiger partial charge in [-0.3, -0.25) is 9.20 Å². The van der Waals surface area contributed by atoms with E-state index >= 15 is 0 Å². The average Bonchev–Trinajstić information content (AvgIpc) is 3.01. The Labute approximate surface area is 153 Å². The molecule has 2 heterocycles. The van der Waals surface area contributed by atoms with Crippen LogP contribution in [0.1, 0.15) is 10.4 Å². The molecule has 0 unspecified atom stereocenters. The summed E-state index contributed by atoms with van der Waals surface area (Å²) in [5, 5.41) is 3.47. The predicted molar refractivity (Wildman–Crippen MR) is 100.0 cm³/mol. The standard InChI is InChI=1S/C20H13ClFN3O/c21-15-9-7-13(8-10-15)18-19(25-11-2-1-6-17(25)23-18)24-20(26)14-4-3-5-16(22)12-14/h1-12H,(H,24,26). The Balaban J connectivity index is 1.81. The van der Waals surface area contributed by atoms with E-state index in [-0.39, 0.29) is 5.56 Å². The van der Waals surface area contributed by atoms with Gasteiger partial charge in [0, 0.05) is 22.3 Å². The fourth-order valence-corrected chi connectivity index (χ4v) is 2.86. The number of fused-ring (bicyclic) bond motifs is 1. The topological polar surface area (TPSA) is 46.4 Å². The van der Waals surface area contributed by atoms with Gasteiger partial charge in [0.05, 0.1) is 0 Å². The number of amides is 1. The van der Waals surface area contributed by atoms with Crippen LogP contribution in [0.3, 0.4) is 0 Å². The lowest BCUT2D eigenvalue weighted by Crippen LogP contribution is -2.14. The lowest BCUT2D eigenvalue weighted by molar-refractivity contribution is 0.102. The highest BCUT2D eigenvalue weighted by Gasteiger charge is 2.17. The van der Waals surface area contributed by atoms with Crippen molar-refractivity contribution in [1.29, 1.82) is 0 Å². The Morgan fingerprint density at radius 2 is 1.85 bits per heavy atom. The number of anilines is 1. The zero-order valence-corrected chi connectivity index (χ0v) is 14.2. The Bertz CT molecular complexity index is 1110. The van der Waals surface area contributed by atoms with Gasteiger partial charge >= 0.3 is 0 Å². The molecule has 1 amide bonds. The molecule has 1 N–H and O–H groups in total. The Kier molecular flexibility index (Phi) is 4.14. The van der Waals surface area contributed by atoms with Gasteiger partial charge in [0.25, 0.3) is 5.91 Å². The van der Waals surface area contributed by atoms with Gasteiger partial charge < -0.3 is 5.32 Å². The van der Waals surface area contributed by atoms with E-state index in [4.69, 9.17) is 11.6 Å². The molecule has 0 bridgehead atoms. The van der Waals surface area contributed by atoms with Gasteiger partial charge in [-0.2, -0.15) is 0 Å². The largest absolute Gasteiger partial charge is 0.306 e. The Hall–Kier alpha value is -3.18. The van der Waals surface area contributed by atoms with Gasteiger partial charge in [-0.05, 0) is 42.5 Å². The van der Waals surface area contributed by atoms with E-state index in [2.05, 4.69) is 10.3 Å². The van der Waals surface area contributed by atoms with Crippen LogP contribution in [0.15, 0.2) is 72.9 Å². The number of rotatable bonds is 3. The molecule has 0 aliphatic heterocycles. The van der Waals surface area contributed by atoms with Crippen molar-refractivity contribution in [3.8, 4) is 11.3 Å². The molecule has 4 rings (SSSR count). The third kappa shape index (κ3) is 3.05. The van der Waals surface area contributed by atoms with Crippen LogP contribution < -0.4 is 5.32 Å². The second-order valence-corrected chi connectivity index (χ2v) is 6.15. The quantitative estimate of drug-likeness (QED) is 0.552. The summed E-state index contributed by atoms with van der Waals surface area (Å²) in [5.74, 6) is -0.365. The number of halogens is 2. The SMILES string of the molecule is O=C(Nc1c(-c2ccc(Cl)cc2)nc2ccccn12)c1cccc(F)c1. The monoisotopic (exact) mass is 365 g/mol. The van der Waals surface area contributed by atoms with E-state index in [1.165, 1.54) is 18.2 Å². The molecule has 4 nitrogen and oxygen atoms in total. The maximum atomic E-state index is 13.4. The molecule has 128 valence electrons. The zero-order chi connectivity index (χ0) is 18.1. The van der Waals surface area contributed by atoms with E-state index in [1.807, 2.05) is 36.5 Å². The minimum Gasteiger partial charge on any atom is -0.306 e. The summed E-state index contributed by atoms with van der Waals surface area (Å²) >= 11 is 5.97. The van der Waals surface area contributed by atoms with Crippen molar-refractivity contribution in [2.24, 2.45) is 0 Å². The number of hydrogen-bond acceptors (Lipinski definition) is 2. The first kappa shape index (κ1) is 16.3. The van der Waals surface area contributed by atoms with Crippen LogP contribution in [0.5, 0.6) is 0 Å². The second kappa shape index (κ2) is 6.61. The van der Waals surface area contributed by atoms with Gasteiger partial charge in [0.1, 0.15) is 23.0 Å². The van der Waals surface area contributed by atoms with Crippen molar-refractivity contribution in [3.63, 3.8) is 0 Å². The summed E-state index contributed by atoms with van der Waals surface area (Å²) in [6.07, 6.45) is 1.81. The molecular weight excluding hydrogens is 353 g/mol. The molecule has 0 spiro atoms. The number of pyridine rings is 1. The first-order chi connectivity index (χ1) is 12.6. The fourth-order valence-electron chi connectivity index (χ4n) is 2.73. The third-order valence-corrected chi connectivity index (χ3v) is 4.22. The number of carbonyl (C=O) groups excluding carboxylic acids is 1. The molecule has 0 fully saturated rings. The van der Waals surface area contributed by atoms with E-state index in [9.17, 15) is 9.18 Å². The normalized spacial score (nSPS) is 10.8. The van der Waals surface area contributed by atoms with Crippen LogP contribution in [0.25, 0.3) is 16.9 Å². The van der Waals surface area contributed by atoms with Gasteiger partial charge in [0.15, 0.2) is 0 Å².